The first-order valence-corrected chi connectivity index (χ1v) is 9.50. The van der Waals surface area contributed by atoms with Gasteiger partial charge in [0.15, 0.2) is 0 Å². The van der Waals surface area contributed by atoms with Crippen LogP contribution in [0.3, 0.4) is 0 Å². The van der Waals surface area contributed by atoms with E-state index in [9.17, 15) is 13.7 Å². The molecule has 0 unspecified atom stereocenters. The Morgan fingerprint density at radius 3 is 2.81 bits per heavy atom. The van der Waals surface area contributed by atoms with Crippen molar-refractivity contribution in [3.05, 3.63) is 42.4 Å². The second-order valence-corrected chi connectivity index (χ2v) is 8.00. The van der Waals surface area contributed by atoms with Crippen LogP contribution in [0, 0.1) is 11.3 Å². The number of anilines is 1. The Balaban J connectivity index is 1.77. The van der Waals surface area contributed by atoms with Crippen molar-refractivity contribution in [3.8, 4) is 23.1 Å². The van der Waals surface area contributed by atoms with Gasteiger partial charge in [-0.15, -0.1) is 0 Å². The van der Waals surface area contributed by atoms with Gasteiger partial charge in [-0.1, -0.05) is 0 Å². The average Bonchev–Trinajstić information content (AvgIpc) is 3.42. The molecule has 1 aliphatic carbocycles. The highest BCUT2D eigenvalue weighted by atomic mass is 32.2. The molecule has 3 heterocycles. The number of rotatable bonds is 5. The molecule has 1 saturated carbocycles. The third kappa shape index (κ3) is 2.84. The van der Waals surface area contributed by atoms with E-state index in [2.05, 4.69) is 20.9 Å². The van der Waals surface area contributed by atoms with Gasteiger partial charge in [0, 0.05) is 18.0 Å². The molecule has 0 aromatic carbocycles. The number of sulfonamides is 1. The molecule has 26 heavy (non-hydrogen) atoms. The smallest absolute Gasteiger partial charge is 0.238 e. The number of nitrogens with zero attached hydrogens (tertiary/aromatic N) is 4. The summed E-state index contributed by atoms with van der Waals surface area (Å²) in [6.07, 6.45) is 6.17. The van der Waals surface area contributed by atoms with Crippen molar-refractivity contribution in [1.82, 2.24) is 14.6 Å². The number of fused-ring (bicyclic) bond motifs is 1. The Kier molecular flexibility index (Phi) is 3.77. The minimum absolute atomic E-state index is 0.209. The van der Waals surface area contributed by atoms with E-state index in [1.165, 1.54) is 13.3 Å². The minimum Gasteiger partial charge on any atom is -0.480 e. The zero-order valence-electron chi connectivity index (χ0n) is 13.9. The van der Waals surface area contributed by atoms with Crippen LogP contribution in [0.2, 0.25) is 0 Å². The topological polar surface area (TPSA) is 109 Å². The molecule has 9 heteroatoms. The largest absolute Gasteiger partial charge is 0.480 e. The summed E-state index contributed by atoms with van der Waals surface area (Å²) in [6.45, 7) is 0. The Bertz CT molecular complexity index is 1140. The fraction of sp³-hybridized carbons (Fsp3) is 0.235. The van der Waals surface area contributed by atoms with Crippen LogP contribution in [0.1, 0.15) is 18.4 Å². The van der Waals surface area contributed by atoms with Crippen LogP contribution in [-0.4, -0.2) is 35.4 Å². The molecule has 0 atom stereocenters. The molecule has 1 aliphatic rings. The van der Waals surface area contributed by atoms with Gasteiger partial charge in [-0.25, -0.2) is 17.9 Å². The Hall–Kier alpha value is -3.12. The van der Waals surface area contributed by atoms with Crippen molar-refractivity contribution in [3.63, 3.8) is 0 Å². The third-order valence-corrected chi connectivity index (χ3v) is 6.09. The summed E-state index contributed by atoms with van der Waals surface area (Å²) in [5, 5.41) is 12.9. The number of hydrogen-bond acceptors (Lipinski definition) is 6. The number of nitriles is 1. The van der Waals surface area contributed by atoms with Crippen LogP contribution in [0.25, 0.3) is 16.6 Å². The van der Waals surface area contributed by atoms with Crippen LogP contribution >= 0.6 is 0 Å². The fourth-order valence-electron chi connectivity index (χ4n) is 2.71. The van der Waals surface area contributed by atoms with Crippen molar-refractivity contribution in [2.45, 2.75) is 18.1 Å². The predicted octanol–water partition coefficient (Wildman–Crippen LogP) is 2.18. The second kappa shape index (κ2) is 6.00. The highest BCUT2D eigenvalue weighted by Crippen LogP contribution is 2.34. The summed E-state index contributed by atoms with van der Waals surface area (Å²) in [5.41, 5.74) is 2.91. The summed E-state index contributed by atoms with van der Waals surface area (Å²) < 4.78 is 33.9. The van der Waals surface area contributed by atoms with Crippen molar-refractivity contribution in [1.29, 1.82) is 5.26 Å². The molecule has 1 fully saturated rings. The monoisotopic (exact) mass is 369 g/mol. The molecule has 0 saturated heterocycles. The van der Waals surface area contributed by atoms with Crippen LogP contribution in [0.15, 0.2) is 36.8 Å². The highest BCUT2D eigenvalue weighted by molar-refractivity contribution is 7.93. The molecule has 0 radical (unpaired) electrons. The lowest BCUT2D eigenvalue weighted by Gasteiger charge is -2.12. The molecule has 0 spiro atoms. The molecule has 4 rings (SSSR count). The molecule has 0 amide bonds. The van der Waals surface area contributed by atoms with E-state index >= 15 is 0 Å². The summed E-state index contributed by atoms with van der Waals surface area (Å²) >= 11 is 0. The summed E-state index contributed by atoms with van der Waals surface area (Å²) in [6, 6.07) is 7.42. The first-order valence-electron chi connectivity index (χ1n) is 7.95. The maximum atomic E-state index is 12.3. The number of methoxy groups -OCH3 is 1. The lowest BCUT2D eigenvalue weighted by molar-refractivity contribution is 0.400. The average molecular weight is 369 g/mol. The molecule has 1 N–H and O–H groups in total. The first kappa shape index (κ1) is 16.4. The van der Waals surface area contributed by atoms with Gasteiger partial charge in [0.05, 0.1) is 29.6 Å². The highest BCUT2D eigenvalue weighted by Gasteiger charge is 2.36. The summed E-state index contributed by atoms with van der Waals surface area (Å²) in [5.74, 6) is 0.209. The van der Waals surface area contributed by atoms with Gasteiger partial charge < -0.3 is 4.74 Å². The first-order chi connectivity index (χ1) is 12.5. The molecule has 0 aliphatic heterocycles. The van der Waals surface area contributed by atoms with Crippen LogP contribution in [-0.2, 0) is 10.0 Å². The normalized spacial score (nSPS) is 14.2. The van der Waals surface area contributed by atoms with E-state index < -0.39 is 10.0 Å². The molecule has 0 bridgehead atoms. The maximum absolute atomic E-state index is 12.3. The van der Waals surface area contributed by atoms with Crippen molar-refractivity contribution >= 4 is 21.2 Å². The van der Waals surface area contributed by atoms with Gasteiger partial charge in [-0.3, -0.25) is 4.72 Å². The van der Waals surface area contributed by atoms with E-state index in [0.717, 1.165) is 5.56 Å². The van der Waals surface area contributed by atoms with Gasteiger partial charge in [-0.2, -0.15) is 10.4 Å². The molecule has 132 valence electrons. The zero-order valence-corrected chi connectivity index (χ0v) is 14.7. The Morgan fingerprint density at radius 2 is 2.12 bits per heavy atom. The van der Waals surface area contributed by atoms with Crippen molar-refractivity contribution in [2.24, 2.45) is 0 Å². The lowest BCUT2D eigenvalue weighted by atomic mass is 10.1. The maximum Gasteiger partial charge on any atom is 0.238 e. The molecule has 3 aromatic heterocycles. The predicted molar refractivity (Wildman–Crippen MR) is 95.3 cm³/mol. The molecule has 8 nitrogen and oxygen atoms in total. The Morgan fingerprint density at radius 1 is 1.31 bits per heavy atom. The fourth-order valence-corrected chi connectivity index (χ4v) is 4.08. The van der Waals surface area contributed by atoms with Gasteiger partial charge in [-0.05, 0) is 36.6 Å². The van der Waals surface area contributed by atoms with E-state index in [1.807, 2.05) is 12.1 Å². The SMILES string of the molecule is COc1ncc(-c2ccn3ncc(C#N)c3c2)cc1NS(=O)(=O)C1CC1. The minimum atomic E-state index is -3.44. The van der Waals surface area contributed by atoms with Crippen LogP contribution in [0.5, 0.6) is 5.88 Å². The molecular weight excluding hydrogens is 354 g/mol. The van der Waals surface area contributed by atoms with Crippen molar-refractivity contribution < 1.29 is 13.2 Å². The zero-order chi connectivity index (χ0) is 18.3. The summed E-state index contributed by atoms with van der Waals surface area (Å²) in [4.78, 5) is 4.21. The van der Waals surface area contributed by atoms with E-state index in [-0.39, 0.29) is 11.1 Å². The number of hydrogen-bond donors (Lipinski definition) is 1. The van der Waals surface area contributed by atoms with Gasteiger partial charge in [0.25, 0.3) is 0 Å². The van der Waals surface area contributed by atoms with E-state index in [1.54, 1.807) is 23.0 Å². The molecule has 3 aromatic rings. The number of nitrogens with one attached hydrogen (secondary N) is 1. The van der Waals surface area contributed by atoms with E-state index in [4.69, 9.17) is 4.74 Å². The van der Waals surface area contributed by atoms with Gasteiger partial charge in [0.2, 0.25) is 15.9 Å². The number of pyridine rings is 2. The van der Waals surface area contributed by atoms with Gasteiger partial charge >= 0.3 is 0 Å². The Labute approximate surface area is 150 Å². The molecular formula is C17H15N5O3S. The summed E-state index contributed by atoms with van der Waals surface area (Å²) in [7, 11) is -2.00. The standard InChI is InChI=1S/C17H15N5O3S/c1-25-17-15(21-26(23,24)14-2-3-14)6-12(9-19-17)11-4-5-22-16(7-11)13(8-18)10-20-22/h4-7,9-10,14,21H,2-3H2,1H3. The third-order valence-electron chi connectivity index (χ3n) is 4.24. The van der Waals surface area contributed by atoms with Crippen molar-refractivity contribution in [2.75, 3.05) is 11.8 Å². The van der Waals surface area contributed by atoms with Gasteiger partial charge in [0.1, 0.15) is 11.8 Å². The van der Waals surface area contributed by atoms with Crippen LogP contribution < -0.4 is 9.46 Å². The van der Waals surface area contributed by atoms with Crippen LogP contribution in [0.4, 0.5) is 5.69 Å². The second-order valence-electron chi connectivity index (χ2n) is 6.04. The lowest BCUT2D eigenvalue weighted by Crippen LogP contribution is -2.18. The van der Waals surface area contributed by atoms with E-state index in [0.29, 0.717) is 35.2 Å². The number of ether oxygens (including phenoxy) is 1. The quantitative estimate of drug-likeness (QED) is 0.738. The number of aromatic nitrogens is 3.